The number of aromatic nitrogens is 1. The highest BCUT2D eigenvalue weighted by molar-refractivity contribution is 6.10. The molecular formula is C21H20FN3O3. The van der Waals surface area contributed by atoms with Crippen LogP contribution in [0.25, 0.3) is 11.3 Å². The summed E-state index contributed by atoms with van der Waals surface area (Å²) in [5.74, 6) is -1.04. The van der Waals surface area contributed by atoms with E-state index < -0.39 is 11.7 Å². The van der Waals surface area contributed by atoms with Crippen molar-refractivity contribution < 1.29 is 19.1 Å². The van der Waals surface area contributed by atoms with Gasteiger partial charge in [-0.15, -0.1) is 0 Å². The number of nitrogens with zero attached hydrogens (tertiary/aromatic N) is 3. The molecule has 1 aromatic carbocycles. The summed E-state index contributed by atoms with van der Waals surface area (Å²) in [4.78, 5) is 34.9. The van der Waals surface area contributed by atoms with Crippen molar-refractivity contribution in [2.45, 2.75) is 26.2 Å². The van der Waals surface area contributed by atoms with Crippen molar-refractivity contribution in [3.8, 4) is 17.0 Å². The first kappa shape index (κ1) is 18.3. The van der Waals surface area contributed by atoms with E-state index in [-0.39, 0.29) is 28.8 Å². The van der Waals surface area contributed by atoms with E-state index in [1.54, 1.807) is 6.20 Å². The van der Waals surface area contributed by atoms with E-state index in [2.05, 4.69) is 9.98 Å². The molecule has 1 atom stereocenters. The molecule has 0 unspecified atom stereocenters. The molecule has 2 aliphatic heterocycles. The Bertz CT molecular complexity index is 982. The zero-order valence-electron chi connectivity index (χ0n) is 15.5. The minimum absolute atomic E-state index is 0.0302. The molecule has 2 aromatic rings. The molecule has 0 bridgehead atoms. The van der Waals surface area contributed by atoms with Crippen LogP contribution in [-0.4, -0.2) is 45.6 Å². The number of phenolic OH excluding ortho intramolecular Hbond substituents is 1. The van der Waals surface area contributed by atoms with Crippen LogP contribution in [0.15, 0.2) is 35.5 Å². The number of hydrogen-bond acceptors (Lipinski definition) is 4. The van der Waals surface area contributed by atoms with Crippen LogP contribution in [0.5, 0.6) is 5.75 Å². The molecular weight excluding hydrogens is 361 g/mol. The number of aromatic hydroxyl groups is 1. The Morgan fingerprint density at radius 2 is 2.21 bits per heavy atom. The maximum atomic E-state index is 14.1. The van der Waals surface area contributed by atoms with Crippen LogP contribution in [0.4, 0.5) is 4.39 Å². The van der Waals surface area contributed by atoms with Crippen LogP contribution in [0, 0.1) is 11.7 Å². The number of amides is 2. The minimum atomic E-state index is -0.605. The number of aliphatic imine (C=N–C) groups is 1. The summed E-state index contributed by atoms with van der Waals surface area (Å²) in [5.41, 5.74) is 2.04. The van der Waals surface area contributed by atoms with Gasteiger partial charge in [-0.25, -0.2) is 9.38 Å². The molecule has 3 heterocycles. The highest BCUT2D eigenvalue weighted by Gasteiger charge is 2.32. The van der Waals surface area contributed by atoms with E-state index in [1.807, 2.05) is 11.8 Å². The lowest BCUT2D eigenvalue weighted by molar-refractivity contribution is -0.129. The highest BCUT2D eigenvalue weighted by Crippen LogP contribution is 2.33. The van der Waals surface area contributed by atoms with Gasteiger partial charge in [-0.2, -0.15) is 0 Å². The van der Waals surface area contributed by atoms with Crippen LogP contribution in [0.2, 0.25) is 0 Å². The zero-order chi connectivity index (χ0) is 19.8. The van der Waals surface area contributed by atoms with Gasteiger partial charge < -0.3 is 10.0 Å². The van der Waals surface area contributed by atoms with E-state index in [0.717, 1.165) is 17.7 Å². The van der Waals surface area contributed by atoms with E-state index in [1.165, 1.54) is 24.3 Å². The van der Waals surface area contributed by atoms with Crippen molar-refractivity contribution >= 4 is 17.5 Å². The van der Waals surface area contributed by atoms with Gasteiger partial charge in [-0.05, 0) is 30.2 Å². The van der Waals surface area contributed by atoms with E-state index >= 15 is 0 Å². The van der Waals surface area contributed by atoms with Gasteiger partial charge in [0.25, 0.3) is 5.91 Å². The first-order valence-electron chi connectivity index (χ1n) is 9.34. The van der Waals surface area contributed by atoms with Crippen molar-refractivity contribution in [2.75, 3.05) is 13.1 Å². The summed E-state index contributed by atoms with van der Waals surface area (Å²) in [6, 6.07) is 5.50. The van der Waals surface area contributed by atoms with Gasteiger partial charge in [-0.3, -0.25) is 14.6 Å². The second-order valence-electron chi connectivity index (χ2n) is 7.12. The number of halogens is 1. The summed E-state index contributed by atoms with van der Waals surface area (Å²) in [6.45, 7) is 3.11. The molecule has 4 rings (SSSR count). The average molecular weight is 381 g/mol. The van der Waals surface area contributed by atoms with Gasteiger partial charge in [0, 0.05) is 49.3 Å². The number of fused-ring (bicyclic) bond motifs is 1. The Kier molecular flexibility index (Phi) is 4.66. The van der Waals surface area contributed by atoms with Crippen molar-refractivity contribution in [1.29, 1.82) is 0 Å². The molecule has 1 fully saturated rings. The monoisotopic (exact) mass is 381 g/mol. The fourth-order valence-electron chi connectivity index (χ4n) is 3.87. The van der Waals surface area contributed by atoms with Gasteiger partial charge in [-0.1, -0.05) is 13.0 Å². The quantitative estimate of drug-likeness (QED) is 0.886. The van der Waals surface area contributed by atoms with Crippen LogP contribution < -0.4 is 0 Å². The number of carbonyl (C=O) groups excluding carboxylic acids is 2. The molecule has 28 heavy (non-hydrogen) atoms. The maximum Gasteiger partial charge on any atom is 0.277 e. The summed E-state index contributed by atoms with van der Waals surface area (Å²) in [7, 11) is 0. The van der Waals surface area contributed by atoms with Gasteiger partial charge >= 0.3 is 0 Å². The highest BCUT2D eigenvalue weighted by atomic mass is 19.1. The zero-order valence-corrected chi connectivity index (χ0v) is 15.5. The lowest BCUT2D eigenvalue weighted by Crippen LogP contribution is -2.31. The van der Waals surface area contributed by atoms with Crippen molar-refractivity contribution in [1.82, 2.24) is 9.88 Å². The predicted octanol–water partition coefficient (Wildman–Crippen LogP) is 2.99. The second kappa shape index (κ2) is 7.14. The Morgan fingerprint density at radius 3 is 2.96 bits per heavy atom. The number of pyridine rings is 1. The fourth-order valence-corrected chi connectivity index (χ4v) is 3.87. The number of carbonyl (C=O) groups is 2. The third-order valence-corrected chi connectivity index (χ3v) is 5.40. The number of phenols is 1. The maximum absolute atomic E-state index is 14.1. The molecule has 6 nitrogen and oxygen atoms in total. The molecule has 1 aromatic heterocycles. The van der Waals surface area contributed by atoms with Gasteiger partial charge in [0.05, 0.1) is 11.3 Å². The van der Waals surface area contributed by atoms with Crippen LogP contribution in [-0.2, 0) is 11.2 Å². The third kappa shape index (κ3) is 3.17. The Morgan fingerprint density at radius 1 is 1.39 bits per heavy atom. The Hall–Kier alpha value is -3.09. The molecule has 0 saturated carbocycles. The lowest BCUT2D eigenvalue weighted by atomic mass is 9.91. The molecule has 1 saturated heterocycles. The van der Waals surface area contributed by atoms with Crippen molar-refractivity contribution in [3.63, 3.8) is 0 Å². The molecule has 1 N–H and O–H groups in total. The Labute approximate surface area is 161 Å². The molecule has 0 aliphatic carbocycles. The molecule has 7 heteroatoms. The summed E-state index contributed by atoms with van der Waals surface area (Å²) in [6.07, 6.45) is 3.29. The first-order valence-corrected chi connectivity index (χ1v) is 9.34. The van der Waals surface area contributed by atoms with Crippen molar-refractivity contribution in [2.24, 2.45) is 10.9 Å². The first-order chi connectivity index (χ1) is 13.5. The van der Waals surface area contributed by atoms with Gasteiger partial charge in [0.15, 0.2) is 0 Å². The van der Waals surface area contributed by atoms with Crippen LogP contribution in [0.1, 0.15) is 35.7 Å². The largest absolute Gasteiger partial charge is 0.507 e. The number of hydrogen-bond donors (Lipinski definition) is 1. The predicted molar refractivity (Wildman–Crippen MR) is 102 cm³/mol. The lowest BCUT2D eigenvalue weighted by Gasteiger charge is -2.20. The fraction of sp³-hybridized carbons (Fsp3) is 0.333. The molecule has 0 spiro atoms. The normalized spacial score (nSPS) is 18.8. The molecule has 2 aliphatic rings. The van der Waals surface area contributed by atoms with Crippen LogP contribution >= 0.6 is 0 Å². The van der Waals surface area contributed by atoms with E-state index in [4.69, 9.17) is 0 Å². The summed E-state index contributed by atoms with van der Waals surface area (Å²) in [5, 5.41) is 9.97. The second-order valence-corrected chi connectivity index (χ2v) is 7.12. The van der Waals surface area contributed by atoms with Gasteiger partial charge in [0.2, 0.25) is 5.91 Å². The van der Waals surface area contributed by atoms with Crippen LogP contribution in [0.3, 0.4) is 0 Å². The molecule has 144 valence electrons. The molecule has 2 amide bonds. The summed E-state index contributed by atoms with van der Waals surface area (Å²) >= 11 is 0. The summed E-state index contributed by atoms with van der Waals surface area (Å²) < 4.78 is 14.1. The average Bonchev–Trinajstić information content (AvgIpc) is 3.18. The number of rotatable bonds is 3. The van der Waals surface area contributed by atoms with Gasteiger partial charge in [0.1, 0.15) is 11.6 Å². The minimum Gasteiger partial charge on any atom is -0.507 e. The van der Waals surface area contributed by atoms with E-state index in [0.29, 0.717) is 31.5 Å². The molecule has 0 radical (unpaired) electrons. The smallest absolute Gasteiger partial charge is 0.277 e. The van der Waals surface area contributed by atoms with E-state index in [9.17, 15) is 19.1 Å². The number of benzene rings is 1. The number of likely N-dealkylation sites (tertiary alicyclic amines) is 1. The standard InChI is InChI=1S/C21H20FN3O3/c1-2-19(27)25-7-6-12(11-25)16-8-13-10-23-17(9-14(13)21(28)24-16)20-15(22)4-3-5-18(20)26/h3-5,9-10,12,26H,2,6-8,11H2,1H3/t12-/m1/s1. The SMILES string of the molecule is CCC(=O)N1CC[C@@H](C2=NC(=O)c3cc(-c4c(O)cccc4F)ncc3C2)C1. The Balaban J connectivity index is 1.61. The topological polar surface area (TPSA) is 82.9 Å². The third-order valence-electron chi connectivity index (χ3n) is 5.40. The van der Waals surface area contributed by atoms with Crippen molar-refractivity contribution in [3.05, 3.63) is 47.4 Å².